The normalized spacial score (nSPS) is 11.5. The number of rotatable bonds is 3. The van der Waals surface area contributed by atoms with E-state index in [4.69, 9.17) is 5.11 Å². The number of aromatic nitrogens is 2. The lowest BCUT2D eigenvalue weighted by atomic mass is 10.2. The van der Waals surface area contributed by atoms with E-state index in [0.717, 1.165) is 12.1 Å². The molecule has 0 amide bonds. The van der Waals surface area contributed by atoms with E-state index in [-0.39, 0.29) is 11.1 Å². The monoisotopic (exact) mass is 350 g/mol. The highest BCUT2D eigenvalue weighted by atomic mass is 19.4. The van der Waals surface area contributed by atoms with Crippen LogP contribution in [0.1, 0.15) is 10.5 Å². The van der Waals surface area contributed by atoms with E-state index in [0.29, 0.717) is 5.52 Å². The highest BCUT2D eigenvalue weighted by molar-refractivity contribution is 5.90. The van der Waals surface area contributed by atoms with Crippen LogP contribution in [0.3, 0.4) is 0 Å². The minimum atomic E-state index is -4.82. The largest absolute Gasteiger partial charge is 0.573 e. The number of carbonyl (C=O) groups is 1. The van der Waals surface area contributed by atoms with Crippen LogP contribution in [0.5, 0.6) is 5.75 Å². The summed E-state index contributed by atoms with van der Waals surface area (Å²) in [7, 11) is 0. The SMILES string of the molecule is O=C(O)c1nn(-c2ccc(OC(F)(F)F)cc2)c2ccccc2c1=O. The number of benzene rings is 2. The van der Waals surface area contributed by atoms with Crippen molar-refractivity contribution in [3.8, 4) is 11.4 Å². The molecule has 0 spiro atoms. The summed E-state index contributed by atoms with van der Waals surface area (Å²) < 4.78 is 41.6. The van der Waals surface area contributed by atoms with Crippen LogP contribution in [0.4, 0.5) is 13.2 Å². The second kappa shape index (κ2) is 5.93. The van der Waals surface area contributed by atoms with Crippen LogP contribution in [0.2, 0.25) is 0 Å². The summed E-state index contributed by atoms with van der Waals surface area (Å²) in [5.74, 6) is -1.93. The Hall–Kier alpha value is -3.36. The first-order valence-electron chi connectivity index (χ1n) is 6.88. The molecule has 25 heavy (non-hydrogen) atoms. The van der Waals surface area contributed by atoms with Crippen molar-refractivity contribution in [2.75, 3.05) is 0 Å². The van der Waals surface area contributed by atoms with E-state index in [1.54, 1.807) is 18.2 Å². The van der Waals surface area contributed by atoms with Gasteiger partial charge in [-0.3, -0.25) is 4.79 Å². The fourth-order valence-electron chi connectivity index (χ4n) is 2.30. The van der Waals surface area contributed by atoms with Gasteiger partial charge in [-0.1, -0.05) is 12.1 Å². The number of carboxylic acids is 1. The molecule has 0 atom stereocenters. The maximum atomic E-state index is 12.2. The highest BCUT2D eigenvalue weighted by Crippen LogP contribution is 2.24. The van der Waals surface area contributed by atoms with E-state index in [1.807, 2.05) is 0 Å². The molecular formula is C16H9F3N2O4. The van der Waals surface area contributed by atoms with Crippen molar-refractivity contribution in [1.82, 2.24) is 9.78 Å². The van der Waals surface area contributed by atoms with Crippen molar-refractivity contribution in [1.29, 1.82) is 0 Å². The van der Waals surface area contributed by atoms with Crippen molar-refractivity contribution in [2.24, 2.45) is 0 Å². The Kier molecular flexibility index (Phi) is 3.91. The number of halogens is 3. The molecule has 0 aliphatic carbocycles. The van der Waals surface area contributed by atoms with E-state index >= 15 is 0 Å². The Balaban J connectivity index is 2.17. The van der Waals surface area contributed by atoms with Gasteiger partial charge in [-0.15, -0.1) is 13.2 Å². The van der Waals surface area contributed by atoms with E-state index in [2.05, 4.69) is 9.84 Å². The lowest BCUT2D eigenvalue weighted by molar-refractivity contribution is -0.274. The molecule has 3 rings (SSSR count). The second-order valence-corrected chi connectivity index (χ2v) is 4.95. The minimum Gasteiger partial charge on any atom is -0.476 e. The number of hydrogen-bond acceptors (Lipinski definition) is 4. The molecule has 2 aromatic carbocycles. The smallest absolute Gasteiger partial charge is 0.476 e. The molecule has 3 aromatic rings. The topological polar surface area (TPSA) is 81.4 Å². The van der Waals surface area contributed by atoms with Crippen LogP contribution in [0, 0.1) is 0 Å². The summed E-state index contributed by atoms with van der Waals surface area (Å²) in [6.45, 7) is 0. The summed E-state index contributed by atoms with van der Waals surface area (Å²) >= 11 is 0. The molecular weight excluding hydrogens is 341 g/mol. The first-order valence-corrected chi connectivity index (χ1v) is 6.88. The Morgan fingerprint density at radius 3 is 2.32 bits per heavy atom. The van der Waals surface area contributed by atoms with Crippen molar-refractivity contribution >= 4 is 16.9 Å². The molecule has 0 fully saturated rings. The fraction of sp³-hybridized carbons (Fsp3) is 0.0625. The van der Waals surface area contributed by atoms with Gasteiger partial charge in [0.2, 0.25) is 11.1 Å². The molecule has 0 radical (unpaired) electrons. The Labute approximate surface area is 137 Å². The number of carboxylic acid groups (broad SMARTS) is 1. The third-order valence-electron chi connectivity index (χ3n) is 3.31. The van der Waals surface area contributed by atoms with Gasteiger partial charge >= 0.3 is 12.3 Å². The maximum absolute atomic E-state index is 12.2. The van der Waals surface area contributed by atoms with Gasteiger partial charge in [0.15, 0.2) is 0 Å². The van der Waals surface area contributed by atoms with Gasteiger partial charge < -0.3 is 9.84 Å². The van der Waals surface area contributed by atoms with Crippen LogP contribution >= 0.6 is 0 Å². The molecule has 6 nitrogen and oxygen atoms in total. The predicted octanol–water partition coefficient (Wildman–Crippen LogP) is 2.98. The summed E-state index contributed by atoms with van der Waals surface area (Å²) in [5, 5.41) is 13.1. The number of alkyl halides is 3. The van der Waals surface area contributed by atoms with Gasteiger partial charge in [0.25, 0.3) is 0 Å². The van der Waals surface area contributed by atoms with Crippen molar-refractivity contribution in [3.63, 3.8) is 0 Å². The van der Waals surface area contributed by atoms with Gasteiger partial charge in [0.1, 0.15) is 5.75 Å². The number of hydrogen-bond donors (Lipinski definition) is 1. The van der Waals surface area contributed by atoms with Crippen molar-refractivity contribution in [3.05, 3.63) is 64.4 Å². The average molecular weight is 350 g/mol. The Morgan fingerprint density at radius 2 is 1.72 bits per heavy atom. The highest BCUT2D eigenvalue weighted by Gasteiger charge is 2.31. The number of fused-ring (bicyclic) bond motifs is 1. The molecule has 1 aromatic heterocycles. The number of aromatic carboxylic acids is 1. The summed E-state index contributed by atoms with van der Waals surface area (Å²) in [6.07, 6.45) is -4.82. The number of nitrogens with zero attached hydrogens (tertiary/aromatic N) is 2. The first kappa shape index (κ1) is 16.5. The zero-order valence-electron chi connectivity index (χ0n) is 12.3. The Morgan fingerprint density at radius 1 is 1.08 bits per heavy atom. The molecule has 9 heteroatoms. The van der Waals surface area contributed by atoms with Crippen molar-refractivity contribution < 1.29 is 27.8 Å². The molecule has 0 aliphatic heterocycles. The van der Waals surface area contributed by atoms with Gasteiger partial charge in [0, 0.05) is 0 Å². The fourth-order valence-corrected chi connectivity index (χ4v) is 2.30. The molecule has 1 N–H and O–H groups in total. The van der Waals surface area contributed by atoms with Gasteiger partial charge in [0.05, 0.1) is 16.6 Å². The molecule has 1 heterocycles. The zero-order chi connectivity index (χ0) is 18.2. The first-order chi connectivity index (χ1) is 11.8. The standard InChI is InChI=1S/C16H9F3N2O4/c17-16(18,19)25-10-7-5-9(6-8-10)21-12-4-2-1-3-11(12)14(22)13(20-21)15(23)24/h1-8H,(H,23,24). The van der Waals surface area contributed by atoms with Crippen LogP contribution < -0.4 is 10.2 Å². The number of ether oxygens (including phenoxy) is 1. The lowest BCUT2D eigenvalue weighted by Crippen LogP contribution is -2.22. The van der Waals surface area contributed by atoms with Crippen LogP contribution in [-0.4, -0.2) is 27.2 Å². The van der Waals surface area contributed by atoms with Crippen LogP contribution in [0.15, 0.2) is 53.3 Å². The molecule has 0 saturated carbocycles. The quantitative estimate of drug-likeness (QED) is 0.785. The molecule has 0 saturated heterocycles. The van der Waals surface area contributed by atoms with E-state index < -0.39 is 29.2 Å². The average Bonchev–Trinajstić information content (AvgIpc) is 2.55. The number of para-hydroxylation sites is 1. The third-order valence-corrected chi connectivity index (χ3v) is 3.31. The molecule has 0 aliphatic rings. The summed E-state index contributed by atoms with van der Waals surface area (Å²) in [5.41, 5.74) is -0.832. The van der Waals surface area contributed by atoms with Gasteiger partial charge in [-0.05, 0) is 36.4 Å². The summed E-state index contributed by atoms with van der Waals surface area (Å²) in [6, 6.07) is 10.9. The lowest BCUT2D eigenvalue weighted by Gasteiger charge is -2.12. The predicted molar refractivity (Wildman–Crippen MR) is 81.0 cm³/mol. The zero-order valence-corrected chi connectivity index (χ0v) is 12.3. The molecule has 128 valence electrons. The molecule has 0 unspecified atom stereocenters. The van der Waals surface area contributed by atoms with E-state index in [9.17, 15) is 22.8 Å². The Bertz CT molecular complexity index is 1010. The van der Waals surface area contributed by atoms with Gasteiger partial charge in [-0.25, -0.2) is 9.48 Å². The van der Waals surface area contributed by atoms with Crippen LogP contribution in [-0.2, 0) is 0 Å². The molecule has 0 bridgehead atoms. The third kappa shape index (κ3) is 3.30. The van der Waals surface area contributed by atoms with E-state index in [1.165, 1.54) is 22.9 Å². The second-order valence-electron chi connectivity index (χ2n) is 4.95. The van der Waals surface area contributed by atoms with Gasteiger partial charge in [-0.2, -0.15) is 5.10 Å². The maximum Gasteiger partial charge on any atom is 0.573 e. The van der Waals surface area contributed by atoms with Crippen molar-refractivity contribution in [2.45, 2.75) is 6.36 Å². The summed E-state index contributed by atoms with van der Waals surface area (Å²) in [4.78, 5) is 23.4. The van der Waals surface area contributed by atoms with Crippen LogP contribution in [0.25, 0.3) is 16.6 Å². The minimum absolute atomic E-state index is 0.130.